The summed E-state index contributed by atoms with van der Waals surface area (Å²) in [7, 11) is 0. The van der Waals surface area contributed by atoms with E-state index in [0.717, 1.165) is 10.7 Å². The number of rotatable bonds is 2. The second kappa shape index (κ2) is 3.62. The predicted octanol–water partition coefficient (Wildman–Crippen LogP) is 2.30. The molecule has 4 heteroatoms. The zero-order valence-electron chi connectivity index (χ0n) is 7.86. The summed E-state index contributed by atoms with van der Waals surface area (Å²) in [5.41, 5.74) is 5.97. The van der Waals surface area contributed by atoms with Gasteiger partial charge in [0.1, 0.15) is 5.82 Å². The maximum absolute atomic E-state index is 5.97. The van der Waals surface area contributed by atoms with E-state index in [1.54, 1.807) is 11.8 Å². The Morgan fingerprint density at radius 2 is 2.23 bits per heavy atom. The van der Waals surface area contributed by atoms with Crippen LogP contribution in [0.2, 0.25) is 0 Å². The van der Waals surface area contributed by atoms with Gasteiger partial charge in [-0.05, 0) is 19.1 Å². The highest BCUT2D eigenvalue weighted by Gasteiger charge is 2.20. The van der Waals surface area contributed by atoms with Crippen molar-refractivity contribution in [3.05, 3.63) is 6.20 Å². The average Bonchev–Trinajstić information content (AvgIpc) is 2.72. The summed E-state index contributed by atoms with van der Waals surface area (Å²) in [4.78, 5) is 1.10. The van der Waals surface area contributed by atoms with Gasteiger partial charge in [-0.3, -0.25) is 0 Å². The number of nitrogens with zero attached hydrogens (tertiary/aromatic N) is 2. The first-order chi connectivity index (χ1) is 6.33. The molecular formula is C9H15N3S. The van der Waals surface area contributed by atoms with E-state index in [1.807, 2.05) is 17.1 Å². The van der Waals surface area contributed by atoms with Gasteiger partial charge in [-0.2, -0.15) is 5.10 Å². The van der Waals surface area contributed by atoms with Crippen LogP contribution >= 0.6 is 11.8 Å². The van der Waals surface area contributed by atoms with Crippen molar-refractivity contribution in [1.82, 2.24) is 9.78 Å². The molecule has 0 aromatic carbocycles. The molecule has 0 aliphatic heterocycles. The first-order valence-electron chi connectivity index (χ1n) is 4.70. The molecule has 0 saturated heterocycles. The van der Waals surface area contributed by atoms with Gasteiger partial charge in [0.05, 0.1) is 17.1 Å². The molecule has 0 amide bonds. The Hall–Kier alpha value is -0.640. The van der Waals surface area contributed by atoms with Crippen molar-refractivity contribution < 1.29 is 0 Å². The maximum Gasteiger partial charge on any atom is 0.135 e. The molecule has 1 heterocycles. The summed E-state index contributed by atoms with van der Waals surface area (Å²) in [5.74, 6) is 0.847. The molecule has 0 spiro atoms. The van der Waals surface area contributed by atoms with E-state index < -0.39 is 0 Å². The number of hydrogen-bond donors (Lipinski definition) is 1. The van der Waals surface area contributed by atoms with E-state index >= 15 is 0 Å². The van der Waals surface area contributed by atoms with Crippen LogP contribution in [0.25, 0.3) is 0 Å². The van der Waals surface area contributed by atoms with Crippen molar-refractivity contribution >= 4 is 17.6 Å². The molecule has 13 heavy (non-hydrogen) atoms. The van der Waals surface area contributed by atoms with Crippen LogP contribution in [-0.4, -0.2) is 16.0 Å². The van der Waals surface area contributed by atoms with E-state index in [-0.39, 0.29) is 0 Å². The Bertz CT molecular complexity index is 289. The third-order valence-corrected chi connectivity index (χ3v) is 3.44. The smallest absolute Gasteiger partial charge is 0.135 e. The zero-order chi connectivity index (χ0) is 9.26. The van der Waals surface area contributed by atoms with Gasteiger partial charge in [-0.15, -0.1) is 11.8 Å². The largest absolute Gasteiger partial charge is 0.383 e. The third kappa shape index (κ3) is 1.55. The molecule has 2 N–H and O–H groups in total. The van der Waals surface area contributed by atoms with Crippen molar-refractivity contribution in [2.75, 3.05) is 12.0 Å². The lowest BCUT2D eigenvalue weighted by Crippen LogP contribution is -2.09. The van der Waals surface area contributed by atoms with Crippen LogP contribution in [0.1, 0.15) is 31.7 Å². The summed E-state index contributed by atoms with van der Waals surface area (Å²) in [6, 6.07) is 0.556. The molecule has 1 aromatic rings. The Kier molecular flexibility index (Phi) is 2.49. The van der Waals surface area contributed by atoms with Crippen molar-refractivity contribution in [3.63, 3.8) is 0 Å². The van der Waals surface area contributed by atoms with Crippen LogP contribution in [0, 0.1) is 0 Å². The van der Waals surface area contributed by atoms with Gasteiger partial charge >= 0.3 is 0 Å². The summed E-state index contributed by atoms with van der Waals surface area (Å²) in [6.07, 6.45) is 9.02. The normalized spacial score (nSPS) is 18.2. The molecular weight excluding hydrogens is 182 g/mol. The first kappa shape index (κ1) is 8.94. The fourth-order valence-corrected chi connectivity index (χ4v) is 2.41. The molecule has 0 unspecified atom stereocenters. The highest BCUT2D eigenvalue weighted by molar-refractivity contribution is 7.98. The van der Waals surface area contributed by atoms with Gasteiger partial charge in [0.15, 0.2) is 0 Å². The molecule has 1 aromatic heterocycles. The van der Waals surface area contributed by atoms with Gasteiger partial charge in [-0.25, -0.2) is 4.68 Å². The quantitative estimate of drug-likeness (QED) is 0.740. The second-order valence-corrected chi connectivity index (χ2v) is 4.33. The molecule has 0 bridgehead atoms. The molecule has 0 atom stereocenters. The zero-order valence-corrected chi connectivity index (χ0v) is 8.68. The lowest BCUT2D eigenvalue weighted by molar-refractivity contribution is 0.473. The summed E-state index contributed by atoms with van der Waals surface area (Å²) < 4.78 is 2.00. The van der Waals surface area contributed by atoms with E-state index in [0.29, 0.717) is 6.04 Å². The van der Waals surface area contributed by atoms with Crippen LogP contribution in [0.4, 0.5) is 5.82 Å². The van der Waals surface area contributed by atoms with Gasteiger partial charge in [0.25, 0.3) is 0 Å². The van der Waals surface area contributed by atoms with Crippen molar-refractivity contribution in [2.24, 2.45) is 0 Å². The lowest BCUT2D eigenvalue weighted by atomic mass is 10.2. The number of anilines is 1. The van der Waals surface area contributed by atoms with Crippen molar-refractivity contribution in [3.8, 4) is 0 Å². The van der Waals surface area contributed by atoms with Crippen LogP contribution in [0.5, 0.6) is 0 Å². The minimum Gasteiger partial charge on any atom is -0.383 e. The Morgan fingerprint density at radius 3 is 2.77 bits per heavy atom. The van der Waals surface area contributed by atoms with Crippen molar-refractivity contribution in [2.45, 2.75) is 36.6 Å². The fourth-order valence-electron chi connectivity index (χ4n) is 1.95. The molecule has 3 nitrogen and oxygen atoms in total. The Labute approximate surface area is 82.7 Å². The van der Waals surface area contributed by atoms with Crippen LogP contribution < -0.4 is 5.73 Å². The molecule has 1 fully saturated rings. The molecule has 1 aliphatic carbocycles. The standard InChI is InChI=1S/C9H15N3S/c1-13-8-6-11-12(9(8)10)7-4-2-3-5-7/h6-7H,2-5,10H2,1H3. The van der Waals surface area contributed by atoms with Gasteiger partial charge in [-0.1, -0.05) is 12.8 Å². The summed E-state index contributed by atoms with van der Waals surface area (Å²) >= 11 is 1.67. The number of nitrogens with two attached hydrogens (primary N) is 1. The van der Waals surface area contributed by atoms with Gasteiger partial charge in [0, 0.05) is 0 Å². The SMILES string of the molecule is CSc1cnn(C2CCCC2)c1N. The van der Waals surface area contributed by atoms with E-state index in [1.165, 1.54) is 25.7 Å². The van der Waals surface area contributed by atoms with Crippen LogP contribution in [0.15, 0.2) is 11.1 Å². The summed E-state index contributed by atoms with van der Waals surface area (Å²) in [5, 5.41) is 4.34. The van der Waals surface area contributed by atoms with E-state index in [2.05, 4.69) is 5.10 Å². The highest BCUT2D eigenvalue weighted by Crippen LogP contribution is 2.33. The number of hydrogen-bond acceptors (Lipinski definition) is 3. The van der Waals surface area contributed by atoms with E-state index in [9.17, 15) is 0 Å². The second-order valence-electron chi connectivity index (χ2n) is 3.48. The lowest BCUT2D eigenvalue weighted by Gasteiger charge is -2.11. The van der Waals surface area contributed by atoms with Gasteiger partial charge in [0.2, 0.25) is 0 Å². The third-order valence-electron chi connectivity index (χ3n) is 2.69. The minimum absolute atomic E-state index is 0.556. The molecule has 2 rings (SSSR count). The summed E-state index contributed by atoms with van der Waals surface area (Å²) in [6.45, 7) is 0. The number of thioether (sulfide) groups is 1. The molecule has 1 saturated carbocycles. The fraction of sp³-hybridized carbons (Fsp3) is 0.667. The Balaban J connectivity index is 2.24. The van der Waals surface area contributed by atoms with Crippen LogP contribution in [-0.2, 0) is 0 Å². The Morgan fingerprint density at radius 1 is 1.54 bits per heavy atom. The van der Waals surface area contributed by atoms with Crippen molar-refractivity contribution in [1.29, 1.82) is 0 Å². The van der Waals surface area contributed by atoms with Crippen LogP contribution in [0.3, 0.4) is 0 Å². The first-order valence-corrected chi connectivity index (χ1v) is 5.92. The van der Waals surface area contributed by atoms with Gasteiger partial charge < -0.3 is 5.73 Å². The number of aromatic nitrogens is 2. The monoisotopic (exact) mass is 197 g/mol. The average molecular weight is 197 g/mol. The number of nitrogen functional groups attached to an aromatic ring is 1. The topological polar surface area (TPSA) is 43.8 Å². The maximum atomic E-state index is 5.97. The minimum atomic E-state index is 0.556. The molecule has 0 radical (unpaired) electrons. The van der Waals surface area contributed by atoms with E-state index in [4.69, 9.17) is 5.73 Å². The molecule has 72 valence electrons. The highest BCUT2D eigenvalue weighted by atomic mass is 32.2. The molecule has 1 aliphatic rings. The predicted molar refractivity (Wildman–Crippen MR) is 55.9 cm³/mol.